The van der Waals surface area contributed by atoms with Gasteiger partial charge in [0.05, 0.1) is 0 Å². The summed E-state index contributed by atoms with van der Waals surface area (Å²) < 4.78 is 13.1. The Bertz CT molecular complexity index is 268. The molecule has 0 aliphatic carbocycles. The molecule has 0 saturated carbocycles. The Morgan fingerprint density at radius 1 is 1.69 bits per heavy atom. The monoisotopic (exact) mass is 200 g/mol. The van der Waals surface area contributed by atoms with Crippen LogP contribution in [0.1, 0.15) is 6.92 Å². The Morgan fingerprint density at radius 3 is 3.08 bits per heavy atom. The van der Waals surface area contributed by atoms with E-state index in [9.17, 15) is 4.39 Å². The van der Waals surface area contributed by atoms with Crippen LogP contribution in [0.25, 0.3) is 0 Å². The van der Waals surface area contributed by atoms with Crippen LogP contribution in [0.5, 0.6) is 0 Å². The van der Waals surface area contributed by atoms with Gasteiger partial charge in [-0.15, -0.1) is 0 Å². The van der Waals surface area contributed by atoms with Crippen molar-refractivity contribution in [2.24, 2.45) is 0 Å². The van der Waals surface area contributed by atoms with Crippen molar-refractivity contribution in [2.75, 3.05) is 17.3 Å². The van der Waals surface area contributed by atoms with Crippen LogP contribution in [-0.4, -0.2) is 23.0 Å². The highest BCUT2D eigenvalue weighted by atomic mass is 32.2. The van der Waals surface area contributed by atoms with Gasteiger partial charge in [0.15, 0.2) is 11.6 Å². The molecule has 1 heterocycles. The predicted molar refractivity (Wildman–Crippen MR) is 55.7 cm³/mol. The summed E-state index contributed by atoms with van der Waals surface area (Å²) in [6.07, 6.45) is 3.60. The first-order chi connectivity index (χ1) is 6.24. The van der Waals surface area contributed by atoms with Gasteiger partial charge in [0.2, 0.25) is 0 Å². The van der Waals surface area contributed by atoms with E-state index in [-0.39, 0.29) is 11.9 Å². The number of rotatable bonds is 4. The van der Waals surface area contributed by atoms with Gasteiger partial charge < -0.3 is 5.32 Å². The molecule has 0 aliphatic heterocycles. The Hall–Kier alpha value is -0.770. The van der Waals surface area contributed by atoms with Gasteiger partial charge in [-0.2, -0.15) is 11.8 Å². The third-order valence-corrected chi connectivity index (χ3v) is 2.39. The van der Waals surface area contributed by atoms with Crippen LogP contribution >= 0.6 is 11.8 Å². The van der Waals surface area contributed by atoms with Crippen LogP contribution in [-0.2, 0) is 0 Å². The van der Waals surface area contributed by atoms with Gasteiger partial charge in [-0.1, -0.05) is 0 Å². The molecule has 1 unspecified atom stereocenters. The van der Waals surface area contributed by atoms with Crippen molar-refractivity contribution in [3.05, 3.63) is 24.1 Å². The lowest BCUT2D eigenvalue weighted by Crippen LogP contribution is -2.19. The molecule has 13 heavy (non-hydrogen) atoms. The van der Waals surface area contributed by atoms with Crippen molar-refractivity contribution in [1.82, 2.24) is 4.98 Å². The highest BCUT2D eigenvalue weighted by Gasteiger charge is 2.05. The average molecular weight is 200 g/mol. The minimum absolute atomic E-state index is 0.236. The first kappa shape index (κ1) is 10.3. The first-order valence-electron chi connectivity index (χ1n) is 4.10. The lowest BCUT2D eigenvalue weighted by atomic mass is 10.3. The van der Waals surface area contributed by atoms with Crippen molar-refractivity contribution in [3.63, 3.8) is 0 Å². The molecule has 0 saturated heterocycles. The van der Waals surface area contributed by atoms with Crippen molar-refractivity contribution in [3.8, 4) is 0 Å². The van der Waals surface area contributed by atoms with E-state index >= 15 is 0 Å². The molecule has 0 aliphatic rings. The smallest absolute Gasteiger partial charge is 0.165 e. The minimum atomic E-state index is -0.296. The summed E-state index contributed by atoms with van der Waals surface area (Å²) in [5.74, 6) is 0.982. The summed E-state index contributed by atoms with van der Waals surface area (Å²) in [6.45, 7) is 2.00. The van der Waals surface area contributed by atoms with E-state index in [4.69, 9.17) is 0 Å². The standard InChI is InChI=1S/C9H13FN2S/c1-7(6-13-2)12-9-8(10)4-3-5-11-9/h3-5,7H,6H2,1-2H3,(H,11,12). The molecule has 1 aromatic heterocycles. The van der Waals surface area contributed by atoms with E-state index < -0.39 is 0 Å². The summed E-state index contributed by atoms with van der Waals surface area (Å²) >= 11 is 1.72. The predicted octanol–water partition coefficient (Wildman–Crippen LogP) is 2.38. The first-order valence-corrected chi connectivity index (χ1v) is 5.49. The molecule has 4 heteroatoms. The summed E-state index contributed by atoms with van der Waals surface area (Å²) in [4.78, 5) is 3.91. The van der Waals surface area contributed by atoms with Crippen LogP contribution < -0.4 is 5.32 Å². The molecule has 2 nitrogen and oxygen atoms in total. The zero-order valence-corrected chi connectivity index (χ0v) is 8.57. The zero-order chi connectivity index (χ0) is 9.68. The van der Waals surface area contributed by atoms with E-state index in [0.29, 0.717) is 5.82 Å². The van der Waals surface area contributed by atoms with E-state index in [0.717, 1.165) is 5.75 Å². The fourth-order valence-electron chi connectivity index (χ4n) is 1.02. The van der Waals surface area contributed by atoms with Crippen LogP contribution in [0.2, 0.25) is 0 Å². The van der Waals surface area contributed by atoms with Crippen molar-refractivity contribution in [1.29, 1.82) is 0 Å². The number of nitrogens with one attached hydrogen (secondary N) is 1. The number of hydrogen-bond donors (Lipinski definition) is 1. The summed E-state index contributed by atoms with van der Waals surface area (Å²) in [5, 5.41) is 3.00. The third-order valence-electron chi connectivity index (χ3n) is 1.56. The van der Waals surface area contributed by atoms with Gasteiger partial charge in [0.25, 0.3) is 0 Å². The molecule has 1 atom stereocenters. The van der Waals surface area contributed by atoms with Crippen LogP contribution in [0.15, 0.2) is 18.3 Å². The van der Waals surface area contributed by atoms with Gasteiger partial charge in [-0.05, 0) is 25.3 Å². The van der Waals surface area contributed by atoms with Gasteiger partial charge in [-0.25, -0.2) is 9.37 Å². The molecule has 0 amide bonds. The van der Waals surface area contributed by atoms with Gasteiger partial charge in [0, 0.05) is 18.0 Å². The number of anilines is 1. The van der Waals surface area contributed by atoms with E-state index in [1.165, 1.54) is 6.07 Å². The number of pyridine rings is 1. The highest BCUT2D eigenvalue weighted by Crippen LogP contribution is 2.11. The number of hydrogen-bond acceptors (Lipinski definition) is 3. The Morgan fingerprint density at radius 2 is 2.46 bits per heavy atom. The SMILES string of the molecule is CSCC(C)Nc1ncccc1F. The molecule has 0 spiro atoms. The Balaban J connectivity index is 2.58. The lowest BCUT2D eigenvalue weighted by molar-refractivity contribution is 0.622. The lowest BCUT2D eigenvalue weighted by Gasteiger charge is -2.12. The maximum atomic E-state index is 13.1. The minimum Gasteiger partial charge on any atom is -0.364 e. The quantitative estimate of drug-likeness (QED) is 0.807. The summed E-state index contributed by atoms with van der Waals surface area (Å²) in [6, 6.07) is 3.22. The van der Waals surface area contributed by atoms with Crippen LogP contribution in [0.4, 0.5) is 10.2 Å². The molecule has 0 aromatic carbocycles. The van der Waals surface area contributed by atoms with Gasteiger partial charge in [-0.3, -0.25) is 0 Å². The Kier molecular flexibility index (Phi) is 4.02. The van der Waals surface area contributed by atoms with Crippen LogP contribution in [0, 0.1) is 5.82 Å². The van der Waals surface area contributed by atoms with Gasteiger partial charge in [0.1, 0.15) is 0 Å². The summed E-state index contributed by atoms with van der Waals surface area (Å²) in [5.41, 5.74) is 0. The second-order valence-corrected chi connectivity index (χ2v) is 3.75. The molecule has 1 N–H and O–H groups in total. The molecular weight excluding hydrogens is 187 g/mol. The normalized spacial score (nSPS) is 12.5. The van der Waals surface area contributed by atoms with Crippen LogP contribution in [0.3, 0.4) is 0 Å². The fourth-order valence-corrected chi connectivity index (χ4v) is 1.60. The highest BCUT2D eigenvalue weighted by molar-refractivity contribution is 7.98. The fraction of sp³-hybridized carbons (Fsp3) is 0.444. The summed E-state index contributed by atoms with van der Waals surface area (Å²) in [7, 11) is 0. The molecule has 0 radical (unpaired) electrons. The van der Waals surface area contributed by atoms with E-state index in [1.807, 2.05) is 13.2 Å². The number of thioether (sulfide) groups is 1. The molecule has 72 valence electrons. The Labute approximate surface area is 81.9 Å². The zero-order valence-electron chi connectivity index (χ0n) is 7.75. The molecule has 1 aromatic rings. The maximum Gasteiger partial charge on any atom is 0.165 e. The van der Waals surface area contributed by atoms with E-state index in [2.05, 4.69) is 10.3 Å². The second-order valence-electron chi connectivity index (χ2n) is 2.83. The molecule has 0 bridgehead atoms. The van der Waals surface area contributed by atoms with Crippen molar-refractivity contribution < 1.29 is 4.39 Å². The molecule has 1 rings (SSSR count). The molecular formula is C9H13FN2S. The average Bonchev–Trinajstić information content (AvgIpc) is 2.09. The third kappa shape index (κ3) is 3.22. The topological polar surface area (TPSA) is 24.9 Å². The number of halogens is 1. The van der Waals surface area contributed by atoms with E-state index in [1.54, 1.807) is 24.0 Å². The second kappa shape index (κ2) is 5.07. The van der Waals surface area contributed by atoms with Crippen molar-refractivity contribution >= 4 is 17.6 Å². The maximum absolute atomic E-state index is 13.1. The number of nitrogens with zero attached hydrogens (tertiary/aromatic N) is 1. The largest absolute Gasteiger partial charge is 0.364 e. The molecule has 0 fully saturated rings. The van der Waals surface area contributed by atoms with Crippen molar-refractivity contribution in [2.45, 2.75) is 13.0 Å². The van der Waals surface area contributed by atoms with Gasteiger partial charge >= 0.3 is 0 Å². The number of aromatic nitrogens is 1.